The van der Waals surface area contributed by atoms with Gasteiger partial charge in [-0.25, -0.2) is 4.98 Å². The Morgan fingerprint density at radius 1 is 1.09 bits per heavy atom. The number of thioether (sulfide) groups is 1. The molecular formula is C38H49ClF3N5O5S. The molecule has 1 unspecified atom stereocenters. The largest absolute Gasteiger partial charge is 0.448 e. The topological polar surface area (TPSA) is 109 Å². The van der Waals surface area contributed by atoms with E-state index < -0.39 is 18.5 Å². The molecule has 6 rings (SSSR count). The Hall–Kier alpha value is -3.46. The van der Waals surface area contributed by atoms with Gasteiger partial charge in [-0.2, -0.15) is 13.2 Å². The van der Waals surface area contributed by atoms with Gasteiger partial charge >= 0.3 is 6.18 Å². The number of pyridine rings is 2. The highest BCUT2D eigenvalue weighted by Gasteiger charge is 2.48. The fourth-order valence-corrected chi connectivity index (χ4v) is 8.56. The van der Waals surface area contributed by atoms with Crippen molar-refractivity contribution in [2.45, 2.75) is 102 Å². The van der Waals surface area contributed by atoms with Crippen LogP contribution in [0.2, 0.25) is 0 Å². The number of benzene rings is 1. The second-order valence-electron chi connectivity index (χ2n) is 14.6. The predicted molar refractivity (Wildman–Crippen MR) is 203 cm³/mol. The number of aryl methyl sites for hydroxylation is 1. The molecule has 10 nitrogen and oxygen atoms in total. The number of carbonyl (C=O) groups is 1. The van der Waals surface area contributed by atoms with Crippen LogP contribution in [0, 0.1) is 19.8 Å². The first-order valence-electron chi connectivity index (χ1n) is 17.8. The van der Waals surface area contributed by atoms with Gasteiger partial charge in [0.1, 0.15) is 5.82 Å². The number of aromatic nitrogens is 2. The van der Waals surface area contributed by atoms with Crippen molar-refractivity contribution in [1.82, 2.24) is 20.2 Å². The average molecular weight is 780 g/mol. The Bertz CT molecular complexity index is 1840. The molecule has 1 aliphatic carbocycles. The highest BCUT2D eigenvalue weighted by atomic mass is 35.5. The highest BCUT2D eigenvalue weighted by molar-refractivity contribution is 7.98. The van der Waals surface area contributed by atoms with Crippen LogP contribution in [0.3, 0.4) is 0 Å². The molecule has 4 heterocycles. The monoisotopic (exact) mass is 779 g/mol. The number of halogens is 4. The van der Waals surface area contributed by atoms with Crippen LogP contribution < -0.4 is 25.2 Å². The SMILES string of the molecule is CSc1cc(C)[nH]c(=O)c1CNC(=O)c1cc(-c2ccc(N3C[C@@H](C)O[C@@H](C)C3)nc2)c2c(c1C)OC(C)([C@H]1CC[C@H](N(C)CC(F)(F)F)CC1)O2.Cl. The lowest BCUT2D eigenvalue weighted by Gasteiger charge is -2.40. The third kappa shape index (κ3) is 8.92. The molecule has 1 aromatic carbocycles. The van der Waals surface area contributed by atoms with Gasteiger partial charge in [-0.1, -0.05) is 0 Å². The minimum Gasteiger partial charge on any atom is -0.448 e. The zero-order chi connectivity index (χ0) is 37.5. The molecule has 1 saturated heterocycles. The minimum atomic E-state index is -4.26. The number of nitrogens with zero attached hydrogens (tertiary/aromatic N) is 3. The zero-order valence-corrected chi connectivity index (χ0v) is 32.8. The van der Waals surface area contributed by atoms with Crippen molar-refractivity contribution < 1.29 is 32.2 Å². The fourth-order valence-electron chi connectivity index (χ4n) is 7.85. The number of aromatic amines is 1. The maximum Gasteiger partial charge on any atom is 0.401 e. The molecule has 15 heteroatoms. The quantitative estimate of drug-likeness (QED) is 0.217. The van der Waals surface area contributed by atoms with E-state index in [0.717, 1.165) is 22.0 Å². The maximum atomic E-state index is 13.9. The molecular weight excluding hydrogens is 731 g/mol. The third-order valence-corrected chi connectivity index (χ3v) is 11.3. The standard InChI is InChI=1S/C38H48F3N5O5S.ClH/c1-21-14-31(52-7)30(36(48)44-21)17-43-35(47)28-15-29(25-8-13-32(42-16-25)46-18-22(2)49-23(3)19-46)34-33(24(28)4)50-37(5,51-34)26-9-11-27(12-10-26)45(6)20-38(39,40)41;/h8,13-16,22-23,26-27H,9-12,17-20H2,1-7H3,(H,43,47)(H,44,48);1H/t22-,23+,26-,27-,37?;. The number of nitrogens with one attached hydrogen (secondary N) is 2. The highest BCUT2D eigenvalue weighted by Crippen LogP contribution is 2.53. The number of amides is 1. The Morgan fingerprint density at radius 3 is 2.36 bits per heavy atom. The van der Waals surface area contributed by atoms with Crippen LogP contribution in [0.1, 0.15) is 73.6 Å². The van der Waals surface area contributed by atoms with E-state index in [1.165, 1.54) is 23.7 Å². The number of H-pyrrole nitrogens is 1. The van der Waals surface area contributed by atoms with Gasteiger partial charge in [0.2, 0.25) is 0 Å². The minimum absolute atomic E-state index is 0. The number of carbonyl (C=O) groups excluding carboxylic acids is 1. The molecule has 0 spiro atoms. The molecule has 1 amide bonds. The van der Waals surface area contributed by atoms with Crippen molar-refractivity contribution in [3.05, 3.63) is 63.2 Å². The van der Waals surface area contributed by atoms with E-state index >= 15 is 0 Å². The molecule has 2 aliphatic heterocycles. The van der Waals surface area contributed by atoms with Crippen LogP contribution in [0.25, 0.3) is 11.1 Å². The molecule has 2 aromatic heterocycles. The van der Waals surface area contributed by atoms with Crippen molar-refractivity contribution in [1.29, 1.82) is 0 Å². The summed E-state index contributed by atoms with van der Waals surface area (Å²) < 4.78 is 58.6. The van der Waals surface area contributed by atoms with Gasteiger partial charge in [0.15, 0.2) is 11.5 Å². The normalized spacial score (nSPS) is 24.2. The Kier molecular flexibility index (Phi) is 12.4. The smallest absolute Gasteiger partial charge is 0.401 e. The van der Waals surface area contributed by atoms with Gasteiger partial charge in [-0.05, 0) is 90.9 Å². The molecule has 53 heavy (non-hydrogen) atoms. The summed E-state index contributed by atoms with van der Waals surface area (Å²) in [7, 11) is 1.53. The first-order chi connectivity index (χ1) is 24.5. The van der Waals surface area contributed by atoms with E-state index in [4.69, 9.17) is 19.2 Å². The number of anilines is 1. The zero-order valence-electron chi connectivity index (χ0n) is 31.2. The lowest BCUT2D eigenvalue weighted by atomic mass is 9.81. The fraction of sp³-hybridized carbons (Fsp3) is 0.553. The molecule has 2 fully saturated rings. The molecule has 3 atom stereocenters. The molecule has 0 bridgehead atoms. The van der Waals surface area contributed by atoms with Crippen LogP contribution in [-0.4, -0.2) is 83.9 Å². The van der Waals surface area contributed by atoms with Gasteiger partial charge in [-0.15, -0.1) is 24.2 Å². The lowest BCUT2D eigenvalue weighted by molar-refractivity contribution is -0.153. The summed E-state index contributed by atoms with van der Waals surface area (Å²) in [5, 5.41) is 2.95. The molecule has 1 saturated carbocycles. The number of fused-ring (bicyclic) bond motifs is 1. The van der Waals surface area contributed by atoms with Crippen molar-refractivity contribution in [3.8, 4) is 22.6 Å². The van der Waals surface area contributed by atoms with E-state index in [1.807, 2.05) is 59.1 Å². The Morgan fingerprint density at radius 2 is 1.75 bits per heavy atom. The average Bonchev–Trinajstić information content (AvgIpc) is 3.45. The van der Waals surface area contributed by atoms with Crippen LogP contribution in [0.5, 0.6) is 11.5 Å². The summed E-state index contributed by atoms with van der Waals surface area (Å²) in [5.41, 5.74) is 3.28. The Labute approximate surface area is 319 Å². The van der Waals surface area contributed by atoms with E-state index in [9.17, 15) is 22.8 Å². The number of hydrogen-bond donors (Lipinski definition) is 2. The first-order valence-corrected chi connectivity index (χ1v) is 19.0. The van der Waals surface area contributed by atoms with Crippen molar-refractivity contribution in [2.24, 2.45) is 5.92 Å². The van der Waals surface area contributed by atoms with Crippen LogP contribution in [-0.2, 0) is 11.3 Å². The van der Waals surface area contributed by atoms with Crippen molar-refractivity contribution >= 4 is 35.9 Å². The molecule has 3 aliphatic rings. The molecule has 290 valence electrons. The van der Waals surface area contributed by atoms with Gasteiger partial charge in [0.25, 0.3) is 17.3 Å². The van der Waals surface area contributed by atoms with E-state index in [0.29, 0.717) is 72.5 Å². The van der Waals surface area contributed by atoms with Gasteiger partial charge < -0.3 is 29.4 Å². The van der Waals surface area contributed by atoms with Crippen LogP contribution in [0.4, 0.5) is 19.0 Å². The number of ether oxygens (including phenoxy) is 3. The number of alkyl halides is 3. The van der Waals surface area contributed by atoms with Crippen molar-refractivity contribution in [2.75, 3.05) is 37.8 Å². The molecule has 0 radical (unpaired) electrons. The summed E-state index contributed by atoms with van der Waals surface area (Å²) in [6.45, 7) is 10.1. The van der Waals surface area contributed by atoms with Crippen LogP contribution >= 0.6 is 24.2 Å². The second kappa shape index (κ2) is 16.1. The second-order valence-corrected chi connectivity index (χ2v) is 15.4. The third-order valence-electron chi connectivity index (χ3n) is 10.5. The lowest BCUT2D eigenvalue weighted by Crippen LogP contribution is -2.48. The summed E-state index contributed by atoms with van der Waals surface area (Å²) >= 11 is 1.44. The Balaban J connectivity index is 0.00000541. The van der Waals surface area contributed by atoms with E-state index in [1.54, 1.807) is 12.3 Å². The predicted octanol–water partition coefficient (Wildman–Crippen LogP) is 7.28. The van der Waals surface area contributed by atoms with Gasteiger partial charge in [0.05, 0.1) is 18.8 Å². The van der Waals surface area contributed by atoms with E-state index in [-0.39, 0.29) is 54.6 Å². The maximum absolute atomic E-state index is 13.9. The number of rotatable bonds is 9. The van der Waals surface area contributed by atoms with E-state index in [2.05, 4.69) is 15.2 Å². The number of hydrogen-bond acceptors (Lipinski definition) is 9. The molecule has 2 N–H and O–H groups in total. The summed E-state index contributed by atoms with van der Waals surface area (Å²) in [6, 6.07) is 7.39. The first kappa shape index (κ1) is 40.7. The summed E-state index contributed by atoms with van der Waals surface area (Å²) in [4.78, 5) is 38.7. The van der Waals surface area contributed by atoms with Gasteiger partial charge in [0, 0.05) is 83.1 Å². The molecule has 3 aromatic rings. The summed E-state index contributed by atoms with van der Waals surface area (Å²) in [5.74, 6) is 0.189. The summed E-state index contributed by atoms with van der Waals surface area (Å²) in [6.07, 6.45) is 1.93. The number of morpholine rings is 1. The van der Waals surface area contributed by atoms with Gasteiger partial charge in [-0.3, -0.25) is 14.5 Å². The van der Waals surface area contributed by atoms with Crippen molar-refractivity contribution in [3.63, 3.8) is 0 Å². The van der Waals surface area contributed by atoms with Crippen LogP contribution in [0.15, 0.2) is 40.2 Å².